The second-order valence-electron chi connectivity index (χ2n) is 4.51. The van der Waals surface area contributed by atoms with E-state index in [2.05, 4.69) is 0 Å². The van der Waals surface area contributed by atoms with Crippen molar-refractivity contribution in [2.24, 2.45) is 0 Å². The Hall–Kier alpha value is -1.40. The molecule has 2 rings (SSSR count). The molecule has 20 heavy (non-hydrogen) atoms. The molecule has 0 saturated carbocycles. The van der Waals surface area contributed by atoms with Gasteiger partial charge in [0.05, 0.1) is 10.8 Å². The van der Waals surface area contributed by atoms with Crippen LogP contribution in [0.4, 0.5) is 4.39 Å². The van der Waals surface area contributed by atoms with Crippen LogP contribution in [0.25, 0.3) is 0 Å². The predicted molar refractivity (Wildman–Crippen MR) is 72.3 cm³/mol. The summed E-state index contributed by atoms with van der Waals surface area (Å²) >= 11 is 5.70. The molecule has 108 valence electrons. The van der Waals surface area contributed by atoms with E-state index in [1.807, 2.05) is 0 Å². The van der Waals surface area contributed by atoms with Crippen LogP contribution >= 0.6 is 11.6 Å². The van der Waals surface area contributed by atoms with Crippen LogP contribution < -0.4 is 0 Å². The van der Waals surface area contributed by atoms with Crippen LogP contribution in [0.1, 0.15) is 29.6 Å². The lowest BCUT2D eigenvalue weighted by molar-refractivity contribution is 0.0691. The van der Waals surface area contributed by atoms with E-state index >= 15 is 0 Å². The van der Waals surface area contributed by atoms with Crippen molar-refractivity contribution in [1.82, 2.24) is 0 Å². The molecule has 1 atom stereocenters. The Labute approximate surface area is 120 Å². The van der Waals surface area contributed by atoms with Gasteiger partial charge in [-0.05, 0) is 31.4 Å². The van der Waals surface area contributed by atoms with E-state index in [0.717, 1.165) is 18.6 Å². The zero-order valence-corrected chi connectivity index (χ0v) is 11.9. The minimum Gasteiger partial charge on any atom is -0.478 e. The molecular formula is C13H12ClFO4S. The van der Waals surface area contributed by atoms with Gasteiger partial charge in [0, 0.05) is 5.02 Å². The van der Waals surface area contributed by atoms with Crippen LogP contribution in [-0.2, 0) is 9.84 Å². The molecule has 1 unspecified atom stereocenters. The molecule has 1 aliphatic carbocycles. The maximum atomic E-state index is 14.1. The average Bonchev–Trinajstić information content (AvgIpc) is 2.41. The maximum Gasteiger partial charge on any atom is 0.338 e. The van der Waals surface area contributed by atoms with E-state index in [0.29, 0.717) is 12.8 Å². The summed E-state index contributed by atoms with van der Waals surface area (Å²) in [6, 6.07) is 1.86. The normalized spacial score (nSPS) is 19.0. The van der Waals surface area contributed by atoms with Gasteiger partial charge < -0.3 is 5.11 Å². The first-order chi connectivity index (χ1) is 9.34. The molecule has 1 aliphatic rings. The molecule has 0 radical (unpaired) electrons. The Morgan fingerprint density at radius 1 is 1.40 bits per heavy atom. The number of sulfone groups is 1. The number of benzene rings is 1. The highest BCUT2D eigenvalue weighted by atomic mass is 35.5. The summed E-state index contributed by atoms with van der Waals surface area (Å²) in [4.78, 5) is 10.3. The van der Waals surface area contributed by atoms with Gasteiger partial charge in [0.1, 0.15) is 4.90 Å². The molecule has 0 aliphatic heterocycles. The number of halogens is 2. The topological polar surface area (TPSA) is 71.4 Å². The number of carbonyl (C=O) groups is 1. The number of rotatable bonds is 3. The lowest BCUT2D eigenvalue weighted by atomic mass is 10.1. The fourth-order valence-electron chi connectivity index (χ4n) is 2.13. The van der Waals surface area contributed by atoms with E-state index < -0.39 is 37.3 Å². The molecule has 1 N–H and O–H groups in total. The zero-order chi connectivity index (χ0) is 14.9. The van der Waals surface area contributed by atoms with E-state index in [9.17, 15) is 17.6 Å². The fraction of sp³-hybridized carbons (Fsp3) is 0.308. The van der Waals surface area contributed by atoms with Crippen molar-refractivity contribution >= 4 is 27.4 Å². The number of carboxylic acids is 1. The second-order valence-corrected chi connectivity index (χ2v) is 7.08. The van der Waals surface area contributed by atoms with Crippen molar-refractivity contribution < 1.29 is 22.7 Å². The lowest BCUT2D eigenvalue weighted by Gasteiger charge is -2.18. The van der Waals surface area contributed by atoms with Crippen LogP contribution in [0.15, 0.2) is 29.2 Å². The molecule has 7 heteroatoms. The van der Waals surface area contributed by atoms with Crippen LogP contribution in [-0.4, -0.2) is 24.7 Å². The number of carboxylic acid groups (broad SMARTS) is 1. The Balaban J connectivity index is 2.59. The van der Waals surface area contributed by atoms with Crippen molar-refractivity contribution in [3.63, 3.8) is 0 Å². The van der Waals surface area contributed by atoms with E-state index in [1.54, 1.807) is 6.08 Å². The molecule has 0 bridgehead atoms. The summed E-state index contributed by atoms with van der Waals surface area (Å²) in [6.07, 6.45) is 5.10. The van der Waals surface area contributed by atoms with Gasteiger partial charge in [-0.3, -0.25) is 0 Å². The van der Waals surface area contributed by atoms with Crippen molar-refractivity contribution in [3.8, 4) is 0 Å². The third kappa shape index (κ3) is 2.71. The Kier molecular flexibility index (Phi) is 4.15. The molecule has 0 spiro atoms. The fourth-order valence-corrected chi connectivity index (χ4v) is 4.18. The molecule has 0 amide bonds. The van der Waals surface area contributed by atoms with Crippen molar-refractivity contribution in [1.29, 1.82) is 0 Å². The first-order valence-corrected chi connectivity index (χ1v) is 7.89. The second kappa shape index (κ2) is 5.54. The van der Waals surface area contributed by atoms with E-state index in [-0.39, 0.29) is 5.02 Å². The van der Waals surface area contributed by atoms with Crippen LogP contribution in [0.3, 0.4) is 0 Å². The Bertz CT molecular complexity index is 682. The van der Waals surface area contributed by atoms with Gasteiger partial charge in [-0.2, -0.15) is 0 Å². The quantitative estimate of drug-likeness (QED) is 0.869. The minimum atomic E-state index is -3.98. The monoisotopic (exact) mass is 318 g/mol. The highest BCUT2D eigenvalue weighted by molar-refractivity contribution is 7.92. The largest absolute Gasteiger partial charge is 0.478 e. The molecule has 0 saturated heterocycles. The van der Waals surface area contributed by atoms with Crippen LogP contribution in [0, 0.1) is 5.82 Å². The summed E-state index contributed by atoms with van der Waals surface area (Å²) in [5, 5.41) is 7.92. The van der Waals surface area contributed by atoms with Gasteiger partial charge in [0.15, 0.2) is 15.7 Å². The zero-order valence-electron chi connectivity index (χ0n) is 10.3. The smallest absolute Gasteiger partial charge is 0.338 e. The Morgan fingerprint density at radius 3 is 2.65 bits per heavy atom. The minimum absolute atomic E-state index is 0.123. The number of aromatic carboxylic acids is 1. The van der Waals surface area contributed by atoms with Crippen molar-refractivity contribution in [2.45, 2.75) is 29.4 Å². The third-order valence-electron chi connectivity index (χ3n) is 3.15. The Morgan fingerprint density at radius 2 is 2.10 bits per heavy atom. The lowest BCUT2D eigenvalue weighted by Crippen LogP contribution is -2.23. The number of hydrogen-bond acceptors (Lipinski definition) is 3. The van der Waals surface area contributed by atoms with Gasteiger partial charge in [0.25, 0.3) is 0 Å². The highest BCUT2D eigenvalue weighted by Crippen LogP contribution is 2.30. The third-order valence-corrected chi connectivity index (χ3v) is 5.47. The first-order valence-electron chi connectivity index (χ1n) is 5.97. The van der Waals surface area contributed by atoms with Gasteiger partial charge >= 0.3 is 5.97 Å². The SMILES string of the molecule is O=C(O)c1cc(Cl)cc(S(=O)(=O)C2C=CCCC2)c1F. The summed E-state index contributed by atoms with van der Waals surface area (Å²) in [6.45, 7) is 0. The summed E-state index contributed by atoms with van der Waals surface area (Å²) in [5.74, 6) is -2.82. The summed E-state index contributed by atoms with van der Waals surface area (Å²) in [5.41, 5.74) is -0.740. The first kappa shape index (κ1) is 15.0. The van der Waals surface area contributed by atoms with Crippen molar-refractivity contribution in [2.75, 3.05) is 0 Å². The predicted octanol–water partition coefficient (Wildman–Crippen LogP) is 3.06. The van der Waals surface area contributed by atoms with Crippen molar-refractivity contribution in [3.05, 3.63) is 40.7 Å². The molecule has 0 heterocycles. The molecule has 1 aromatic carbocycles. The number of allylic oxidation sites excluding steroid dienone is 1. The van der Waals surface area contributed by atoms with Gasteiger partial charge in [-0.1, -0.05) is 23.8 Å². The van der Waals surface area contributed by atoms with E-state index in [4.69, 9.17) is 16.7 Å². The molecule has 0 aromatic heterocycles. The molecule has 1 aromatic rings. The number of hydrogen-bond donors (Lipinski definition) is 1. The molecular weight excluding hydrogens is 307 g/mol. The summed E-state index contributed by atoms with van der Waals surface area (Å²) in [7, 11) is -3.98. The standard InChI is InChI=1S/C13H12ClFO4S/c14-8-6-10(13(16)17)12(15)11(7-8)20(18,19)9-4-2-1-3-5-9/h2,4,6-7,9H,1,3,5H2,(H,16,17). The van der Waals surface area contributed by atoms with Gasteiger partial charge in [-0.25, -0.2) is 17.6 Å². The molecule has 0 fully saturated rings. The average molecular weight is 319 g/mol. The van der Waals surface area contributed by atoms with Gasteiger partial charge in [-0.15, -0.1) is 0 Å². The highest BCUT2D eigenvalue weighted by Gasteiger charge is 2.31. The maximum absolute atomic E-state index is 14.1. The van der Waals surface area contributed by atoms with E-state index in [1.165, 1.54) is 6.08 Å². The van der Waals surface area contributed by atoms with Crippen LogP contribution in [0.5, 0.6) is 0 Å². The van der Waals surface area contributed by atoms with Gasteiger partial charge in [0.2, 0.25) is 0 Å². The summed E-state index contributed by atoms with van der Waals surface area (Å²) < 4.78 is 38.9. The van der Waals surface area contributed by atoms with Crippen LogP contribution in [0.2, 0.25) is 5.02 Å². The molecule has 4 nitrogen and oxygen atoms in total.